The van der Waals surface area contributed by atoms with Gasteiger partial charge in [0, 0.05) is 16.3 Å². The average molecular weight is 333 g/mol. The van der Waals surface area contributed by atoms with Crippen LogP contribution in [0.25, 0.3) is 11.5 Å². The van der Waals surface area contributed by atoms with Gasteiger partial charge in [0.05, 0.1) is 7.11 Å². The number of nitrogens with zero attached hydrogens (tertiary/aromatic N) is 2. The van der Waals surface area contributed by atoms with Crippen molar-refractivity contribution in [1.82, 2.24) is 10.1 Å². The standard InChI is InChI=1S/C16H13ClN2O2S/c1-20-14-7-5-11(6-8-14)10-22-16-18-15(21-19-16)12-3-2-4-13(17)9-12/h2-9H,10H2,1H3. The Balaban J connectivity index is 1.66. The van der Waals surface area contributed by atoms with Gasteiger partial charge in [0.15, 0.2) is 0 Å². The van der Waals surface area contributed by atoms with Crippen molar-refractivity contribution in [3.63, 3.8) is 0 Å². The second-order valence-corrected chi connectivity index (χ2v) is 5.91. The number of halogens is 1. The quantitative estimate of drug-likeness (QED) is 0.634. The highest BCUT2D eigenvalue weighted by Gasteiger charge is 2.09. The Bertz CT molecular complexity index is 759. The van der Waals surface area contributed by atoms with Crippen LogP contribution >= 0.6 is 23.4 Å². The van der Waals surface area contributed by atoms with E-state index in [1.807, 2.05) is 36.4 Å². The van der Waals surface area contributed by atoms with E-state index in [0.717, 1.165) is 17.1 Å². The molecule has 0 aliphatic rings. The highest BCUT2D eigenvalue weighted by Crippen LogP contribution is 2.26. The third-order valence-electron chi connectivity index (χ3n) is 3.01. The van der Waals surface area contributed by atoms with Crippen LogP contribution in [-0.4, -0.2) is 17.3 Å². The van der Waals surface area contributed by atoms with Gasteiger partial charge in [-0.15, -0.1) is 0 Å². The van der Waals surface area contributed by atoms with E-state index >= 15 is 0 Å². The molecule has 0 aliphatic heterocycles. The SMILES string of the molecule is COc1ccc(CSc2noc(-c3cccc(Cl)c3)n2)cc1. The highest BCUT2D eigenvalue weighted by atomic mass is 35.5. The van der Waals surface area contributed by atoms with Crippen LogP contribution in [0.5, 0.6) is 5.75 Å². The minimum Gasteiger partial charge on any atom is -0.497 e. The summed E-state index contributed by atoms with van der Waals surface area (Å²) in [5.41, 5.74) is 1.98. The molecule has 0 fully saturated rings. The molecule has 0 N–H and O–H groups in total. The summed E-state index contributed by atoms with van der Waals surface area (Å²) < 4.78 is 10.4. The second kappa shape index (κ2) is 6.85. The first-order valence-electron chi connectivity index (χ1n) is 6.60. The molecule has 112 valence electrons. The monoisotopic (exact) mass is 332 g/mol. The smallest absolute Gasteiger partial charge is 0.258 e. The number of rotatable bonds is 5. The van der Waals surface area contributed by atoms with Gasteiger partial charge >= 0.3 is 0 Å². The van der Waals surface area contributed by atoms with E-state index in [2.05, 4.69) is 10.1 Å². The third-order valence-corrected chi connectivity index (χ3v) is 4.14. The maximum atomic E-state index is 5.96. The van der Waals surface area contributed by atoms with Gasteiger partial charge in [0.1, 0.15) is 5.75 Å². The molecule has 4 nitrogen and oxygen atoms in total. The van der Waals surface area contributed by atoms with Crippen LogP contribution in [0, 0.1) is 0 Å². The number of ether oxygens (including phenoxy) is 1. The summed E-state index contributed by atoms with van der Waals surface area (Å²) in [7, 11) is 1.65. The fraction of sp³-hybridized carbons (Fsp3) is 0.125. The lowest BCUT2D eigenvalue weighted by molar-refractivity contribution is 0.414. The molecule has 6 heteroatoms. The first-order valence-corrected chi connectivity index (χ1v) is 7.96. The zero-order chi connectivity index (χ0) is 15.4. The lowest BCUT2D eigenvalue weighted by Gasteiger charge is -2.01. The van der Waals surface area contributed by atoms with Gasteiger partial charge in [-0.3, -0.25) is 0 Å². The summed E-state index contributed by atoms with van der Waals surface area (Å²) in [6, 6.07) is 15.2. The van der Waals surface area contributed by atoms with Crippen LogP contribution < -0.4 is 4.74 Å². The fourth-order valence-corrected chi connectivity index (χ4v) is 2.79. The highest BCUT2D eigenvalue weighted by molar-refractivity contribution is 7.98. The molecule has 0 bridgehead atoms. The molecule has 1 aromatic heterocycles. The number of benzene rings is 2. The molecule has 0 unspecified atom stereocenters. The summed E-state index contributed by atoms with van der Waals surface area (Å²) in [5.74, 6) is 2.08. The zero-order valence-electron chi connectivity index (χ0n) is 11.8. The first kappa shape index (κ1) is 14.9. The van der Waals surface area contributed by atoms with Gasteiger partial charge in [-0.25, -0.2) is 0 Å². The first-order chi connectivity index (χ1) is 10.7. The van der Waals surface area contributed by atoms with Crippen LogP contribution in [0.3, 0.4) is 0 Å². The third kappa shape index (κ3) is 3.61. The Morgan fingerprint density at radius 3 is 2.73 bits per heavy atom. The summed E-state index contributed by atoms with van der Waals surface area (Å²) in [5, 5.41) is 5.22. The lowest BCUT2D eigenvalue weighted by atomic mass is 10.2. The second-order valence-electron chi connectivity index (χ2n) is 4.53. The summed E-state index contributed by atoms with van der Waals surface area (Å²) in [4.78, 5) is 4.37. The predicted octanol–water partition coefficient (Wildman–Crippen LogP) is 4.69. The Hall–Kier alpha value is -1.98. The molecule has 2 aromatic carbocycles. The van der Waals surface area contributed by atoms with Crippen molar-refractivity contribution in [2.75, 3.05) is 7.11 Å². The molecule has 0 spiro atoms. The van der Waals surface area contributed by atoms with Crippen LogP contribution in [0.1, 0.15) is 5.56 Å². The van der Waals surface area contributed by atoms with Crippen LogP contribution in [0.2, 0.25) is 5.02 Å². The van der Waals surface area contributed by atoms with Crippen LogP contribution in [0.15, 0.2) is 58.2 Å². The summed E-state index contributed by atoms with van der Waals surface area (Å²) in [6.45, 7) is 0. The fourth-order valence-electron chi connectivity index (χ4n) is 1.88. The number of hydrogen-bond acceptors (Lipinski definition) is 5. The average Bonchev–Trinajstić information content (AvgIpc) is 3.02. The van der Waals surface area contributed by atoms with Gasteiger partial charge in [0.25, 0.3) is 5.89 Å². The van der Waals surface area contributed by atoms with Crippen molar-refractivity contribution in [3.8, 4) is 17.2 Å². The Morgan fingerprint density at radius 1 is 1.18 bits per heavy atom. The molecule has 0 saturated carbocycles. The molecule has 3 rings (SSSR count). The molecule has 0 atom stereocenters. The van der Waals surface area contributed by atoms with E-state index in [4.69, 9.17) is 20.9 Å². The summed E-state index contributed by atoms with van der Waals surface area (Å²) in [6.07, 6.45) is 0. The molecule has 0 saturated heterocycles. The number of thioether (sulfide) groups is 1. The van der Waals surface area contributed by atoms with Crippen LogP contribution in [0.4, 0.5) is 0 Å². The van der Waals surface area contributed by atoms with Gasteiger partial charge in [-0.05, 0) is 41.1 Å². The molecular weight excluding hydrogens is 320 g/mol. The van der Waals surface area contributed by atoms with Gasteiger partial charge in [-0.1, -0.05) is 41.6 Å². The Labute approximate surface area is 137 Å². The Morgan fingerprint density at radius 2 is 2.00 bits per heavy atom. The van der Waals surface area contributed by atoms with Gasteiger partial charge < -0.3 is 9.26 Å². The molecule has 1 heterocycles. The maximum absolute atomic E-state index is 5.96. The number of methoxy groups -OCH3 is 1. The maximum Gasteiger partial charge on any atom is 0.258 e. The van der Waals surface area contributed by atoms with E-state index in [9.17, 15) is 0 Å². The van der Waals surface area contributed by atoms with Crippen molar-refractivity contribution in [2.24, 2.45) is 0 Å². The minimum atomic E-state index is 0.472. The van der Waals surface area contributed by atoms with Crippen molar-refractivity contribution in [1.29, 1.82) is 0 Å². The molecule has 0 radical (unpaired) electrons. The van der Waals surface area contributed by atoms with E-state index in [1.165, 1.54) is 17.3 Å². The van der Waals surface area contributed by atoms with Crippen molar-refractivity contribution >= 4 is 23.4 Å². The van der Waals surface area contributed by atoms with Gasteiger partial charge in [-0.2, -0.15) is 4.98 Å². The topological polar surface area (TPSA) is 48.2 Å². The molecular formula is C16H13ClN2O2S. The van der Waals surface area contributed by atoms with Crippen LogP contribution in [-0.2, 0) is 5.75 Å². The predicted molar refractivity (Wildman–Crippen MR) is 87.3 cm³/mol. The number of aromatic nitrogens is 2. The Kier molecular flexibility index (Phi) is 4.65. The molecule has 22 heavy (non-hydrogen) atoms. The molecule has 0 aliphatic carbocycles. The van der Waals surface area contributed by atoms with E-state index in [0.29, 0.717) is 16.1 Å². The van der Waals surface area contributed by atoms with Crippen molar-refractivity contribution in [2.45, 2.75) is 10.9 Å². The van der Waals surface area contributed by atoms with Gasteiger partial charge in [0.2, 0.25) is 5.16 Å². The van der Waals surface area contributed by atoms with E-state index < -0.39 is 0 Å². The molecule has 3 aromatic rings. The van der Waals surface area contributed by atoms with E-state index in [-0.39, 0.29) is 0 Å². The van der Waals surface area contributed by atoms with E-state index in [1.54, 1.807) is 19.2 Å². The van der Waals surface area contributed by atoms with Crippen molar-refractivity contribution in [3.05, 3.63) is 59.1 Å². The number of hydrogen-bond donors (Lipinski definition) is 0. The summed E-state index contributed by atoms with van der Waals surface area (Å²) >= 11 is 7.48. The minimum absolute atomic E-state index is 0.472. The zero-order valence-corrected chi connectivity index (χ0v) is 13.4. The largest absolute Gasteiger partial charge is 0.497 e. The van der Waals surface area contributed by atoms with Crippen molar-refractivity contribution < 1.29 is 9.26 Å². The normalized spacial score (nSPS) is 10.6. The lowest BCUT2D eigenvalue weighted by Crippen LogP contribution is -1.85. The molecule has 0 amide bonds.